The summed E-state index contributed by atoms with van der Waals surface area (Å²) in [5.41, 5.74) is 1.83. The Kier molecular flexibility index (Phi) is 6.84. The zero-order chi connectivity index (χ0) is 16.8. The summed E-state index contributed by atoms with van der Waals surface area (Å²) < 4.78 is 4.99. The molecule has 0 aromatic carbocycles. The predicted octanol–water partition coefficient (Wildman–Crippen LogP) is 4.14. The van der Waals surface area contributed by atoms with Crippen LogP contribution in [0.2, 0.25) is 0 Å². The fourth-order valence-corrected chi connectivity index (χ4v) is 4.55. The van der Waals surface area contributed by atoms with E-state index in [4.69, 9.17) is 17.0 Å². The van der Waals surface area contributed by atoms with Gasteiger partial charge in [-0.1, -0.05) is 26.7 Å². The summed E-state index contributed by atoms with van der Waals surface area (Å²) in [6, 6.07) is 0. The van der Waals surface area contributed by atoms with Crippen LogP contribution in [0.25, 0.3) is 0 Å². The monoisotopic (exact) mass is 354 g/mol. The Hall–Kier alpha value is -1.14. The minimum Gasteiger partial charge on any atom is -0.465 e. The minimum absolute atomic E-state index is 0.270. The van der Waals surface area contributed by atoms with Gasteiger partial charge in [0.15, 0.2) is 5.11 Å². The first-order valence-corrected chi connectivity index (χ1v) is 9.57. The lowest BCUT2D eigenvalue weighted by atomic mass is 9.88. The number of ether oxygens (including phenoxy) is 1. The number of thiophene rings is 1. The van der Waals surface area contributed by atoms with Crippen LogP contribution < -0.4 is 10.6 Å². The number of anilines is 1. The molecule has 0 fully saturated rings. The van der Waals surface area contributed by atoms with Crippen LogP contribution in [0.15, 0.2) is 0 Å². The first-order chi connectivity index (χ1) is 11.1. The highest BCUT2D eigenvalue weighted by atomic mass is 32.1. The van der Waals surface area contributed by atoms with Crippen molar-refractivity contribution in [2.75, 3.05) is 19.0 Å². The first-order valence-electron chi connectivity index (χ1n) is 8.34. The van der Waals surface area contributed by atoms with Gasteiger partial charge < -0.3 is 15.4 Å². The van der Waals surface area contributed by atoms with E-state index < -0.39 is 0 Å². The summed E-state index contributed by atoms with van der Waals surface area (Å²) in [6.45, 7) is 5.29. The van der Waals surface area contributed by atoms with Gasteiger partial charge in [0.25, 0.3) is 0 Å². The van der Waals surface area contributed by atoms with E-state index in [9.17, 15) is 4.79 Å². The van der Waals surface area contributed by atoms with Gasteiger partial charge in [-0.3, -0.25) is 0 Å². The van der Waals surface area contributed by atoms with Crippen LogP contribution >= 0.6 is 23.6 Å². The number of carbonyl (C=O) groups is 1. The number of nitrogens with one attached hydrogen (secondary N) is 2. The molecule has 0 aliphatic heterocycles. The van der Waals surface area contributed by atoms with Gasteiger partial charge in [-0.25, -0.2) is 4.79 Å². The molecular formula is C17H26N2O2S2. The molecule has 0 saturated carbocycles. The van der Waals surface area contributed by atoms with Crippen molar-refractivity contribution < 1.29 is 9.53 Å². The molecule has 1 unspecified atom stereocenters. The molecule has 1 atom stereocenters. The number of hydrogen-bond donors (Lipinski definition) is 2. The van der Waals surface area contributed by atoms with E-state index in [0.717, 1.165) is 42.8 Å². The molecule has 128 valence electrons. The lowest BCUT2D eigenvalue weighted by Gasteiger charge is -2.18. The number of methoxy groups -OCH3 is 1. The quantitative estimate of drug-likeness (QED) is 0.457. The van der Waals surface area contributed by atoms with Crippen LogP contribution in [0.4, 0.5) is 5.00 Å². The molecule has 1 aromatic rings. The summed E-state index contributed by atoms with van der Waals surface area (Å²) >= 11 is 7.01. The maximum absolute atomic E-state index is 12.2. The maximum atomic E-state index is 12.2. The van der Waals surface area contributed by atoms with Gasteiger partial charge in [0, 0.05) is 11.4 Å². The van der Waals surface area contributed by atoms with Crippen molar-refractivity contribution in [2.24, 2.45) is 5.92 Å². The van der Waals surface area contributed by atoms with Gasteiger partial charge in [-0.05, 0) is 49.4 Å². The standard InChI is InChI=1S/C17H26N2O2S2/c1-4-5-6-9-18-17(22)19-15-14(16(20)21-3)12-8-7-11(2)10-13(12)23-15/h11H,4-10H2,1-3H3,(H2,18,19,22). The Morgan fingerprint density at radius 2 is 2.22 bits per heavy atom. The van der Waals surface area contributed by atoms with Crippen LogP contribution in [0, 0.1) is 5.92 Å². The lowest BCUT2D eigenvalue weighted by Crippen LogP contribution is -2.29. The van der Waals surface area contributed by atoms with E-state index in [1.165, 1.54) is 24.8 Å². The van der Waals surface area contributed by atoms with E-state index in [1.807, 2.05) is 0 Å². The Bertz CT molecular complexity index is 569. The third-order valence-corrected chi connectivity index (χ3v) is 5.61. The number of carbonyl (C=O) groups excluding carboxylic acids is 1. The zero-order valence-corrected chi connectivity index (χ0v) is 15.8. The molecule has 0 saturated heterocycles. The highest BCUT2D eigenvalue weighted by Gasteiger charge is 2.28. The smallest absolute Gasteiger partial charge is 0.341 e. The van der Waals surface area contributed by atoms with E-state index in [2.05, 4.69) is 24.5 Å². The largest absolute Gasteiger partial charge is 0.465 e. The maximum Gasteiger partial charge on any atom is 0.341 e. The summed E-state index contributed by atoms with van der Waals surface area (Å²) in [6.07, 6.45) is 6.56. The molecule has 6 heteroatoms. The summed E-state index contributed by atoms with van der Waals surface area (Å²) in [5, 5.41) is 7.83. The summed E-state index contributed by atoms with van der Waals surface area (Å²) in [4.78, 5) is 13.5. The molecule has 1 heterocycles. The fourth-order valence-electron chi connectivity index (χ4n) is 2.88. The predicted molar refractivity (Wildman–Crippen MR) is 101 cm³/mol. The summed E-state index contributed by atoms with van der Waals surface area (Å²) in [5.74, 6) is 0.395. The average Bonchev–Trinajstić information content (AvgIpc) is 2.87. The molecular weight excluding hydrogens is 328 g/mol. The molecule has 0 radical (unpaired) electrons. The van der Waals surface area contributed by atoms with Crippen molar-refractivity contribution in [3.63, 3.8) is 0 Å². The van der Waals surface area contributed by atoms with Gasteiger partial charge in [0.1, 0.15) is 5.00 Å². The van der Waals surface area contributed by atoms with Crippen molar-refractivity contribution in [1.29, 1.82) is 0 Å². The van der Waals surface area contributed by atoms with Crippen molar-refractivity contribution in [1.82, 2.24) is 5.32 Å². The molecule has 1 aliphatic rings. The summed E-state index contributed by atoms with van der Waals surface area (Å²) in [7, 11) is 1.43. The van der Waals surface area contributed by atoms with Crippen LogP contribution in [0.5, 0.6) is 0 Å². The number of hydrogen-bond acceptors (Lipinski definition) is 4. The Morgan fingerprint density at radius 1 is 1.43 bits per heavy atom. The number of thiocarbonyl (C=S) groups is 1. The van der Waals surface area contributed by atoms with Gasteiger partial charge in [0.2, 0.25) is 0 Å². The molecule has 1 aromatic heterocycles. The van der Waals surface area contributed by atoms with Crippen LogP contribution in [-0.4, -0.2) is 24.7 Å². The van der Waals surface area contributed by atoms with E-state index >= 15 is 0 Å². The first kappa shape index (κ1) is 18.2. The van der Waals surface area contributed by atoms with E-state index in [0.29, 0.717) is 16.6 Å². The van der Waals surface area contributed by atoms with Crippen molar-refractivity contribution in [3.8, 4) is 0 Å². The van der Waals surface area contributed by atoms with Crippen molar-refractivity contribution in [3.05, 3.63) is 16.0 Å². The average molecular weight is 355 g/mol. The second kappa shape index (κ2) is 8.64. The second-order valence-electron chi connectivity index (χ2n) is 6.14. The highest BCUT2D eigenvalue weighted by Crippen LogP contribution is 2.39. The zero-order valence-electron chi connectivity index (χ0n) is 14.2. The van der Waals surface area contributed by atoms with E-state index in [-0.39, 0.29) is 5.97 Å². The second-order valence-corrected chi connectivity index (χ2v) is 7.65. The minimum atomic E-state index is -0.270. The number of esters is 1. The third kappa shape index (κ3) is 4.67. The SMILES string of the molecule is CCCCCNC(=S)Nc1sc2c(c1C(=O)OC)CCC(C)C2. The Labute approximate surface area is 148 Å². The van der Waals surface area contributed by atoms with Crippen molar-refractivity contribution in [2.45, 2.75) is 52.4 Å². The molecule has 23 heavy (non-hydrogen) atoms. The molecule has 0 amide bonds. The van der Waals surface area contributed by atoms with Gasteiger partial charge in [-0.15, -0.1) is 11.3 Å². The van der Waals surface area contributed by atoms with Crippen LogP contribution in [0.3, 0.4) is 0 Å². The lowest BCUT2D eigenvalue weighted by molar-refractivity contribution is 0.0601. The van der Waals surface area contributed by atoms with Gasteiger partial charge in [0.05, 0.1) is 12.7 Å². The molecule has 2 rings (SSSR count). The molecule has 0 bridgehead atoms. The molecule has 2 N–H and O–H groups in total. The Morgan fingerprint density at radius 3 is 2.91 bits per heavy atom. The van der Waals surface area contributed by atoms with Crippen LogP contribution in [0.1, 0.15) is 60.3 Å². The molecule has 1 aliphatic carbocycles. The van der Waals surface area contributed by atoms with E-state index in [1.54, 1.807) is 11.3 Å². The number of fused-ring (bicyclic) bond motifs is 1. The molecule has 0 spiro atoms. The Balaban J connectivity index is 2.11. The molecule has 4 nitrogen and oxygen atoms in total. The topological polar surface area (TPSA) is 50.4 Å². The highest BCUT2D eigenvalue weighted by molar-refractivity contribution is 7.80. The van der Waals surface area contributed by atoms with Crippen LogP contribution in [-0.2, 0) is 17.6 Å². The normalized spacial score (nSPS) is 16.6. The third-order valence-electron chi connectivity index (χ3n) is 4.19. The number of rotatable bonds is 6. The van der Waals surface area contributed by atoms with Gasteiger partial charge >= 0.3 is 5.97 Å². The number of unbranched alkanes of at least 4 members (excludes halogenated alkanes) is 2. The van der Waals surface area contributed by atoms with Gasteiger partial charge in [-0.2, -0.15) is 0 Å². The fraction of sp³-hybridized carbons (Fsp3) is 0.647. The van der Waals surface area contributed by atoms with Crippen molar-refractivity contribution >= 4 is 39.6 Å².